The Balaban J connectivity index is 1.11. The SMILES string of the molecule is N#Cc1ccc(COc2cccc(N3CCCN(Cc4nc5sc(C(=O)O)cc5n4C[C@@H]4CCO4)CC3)n2)c(F)c1. The monoisotopic (exact) mass is 576 g/mol. The van der Waals surface area contributed by atoms with E-state index in [4.69, 9.17) is 19.7 Å². The topological polar surface area (TPSA) is 117 Å². The molecular weight excluding hydrogens is 547 g/mol. The van der Waals surface area contributed by atoms with Crippen LogP contribution in [0.15, 0.2) is 42.5 Å². The van der Waals surface area contributed by atoms with E-state index in [1.165, 1.54) is 17.4 Å². The fourth-order valence-corrected chi connectivity index (χ4v) is 6.02. The zero-order valence-corrected chi connectivity index (χ0v) is 23.1. The molecule has 1 aromatic carbocycles. The summed E-state index contributed by atoms with van der Waals surface area (Å²) in [5.74, 6) is 0.730. The molecule has 2 saturated heterocycles. The lowest BCUT2D eigenvalue weighted by Crippen LogP contribution is -2.34. The van der Waals surface area contributed by atoms with Crippen LogP contribution in [-0.2, 0) is 24.4 Å². The van der Waals surface area contributed by atoms with Gasteiger partial charge in [0.25, 0.3) is 0 Å². The summed E-state index contributed by atoms with van der Waals surface area (Å²) >= 11 is 1.21. The van der Waals surface area contributed by atoms with Gasteiger partial charge >= 0.3 is 5.97 Å². The molecule has 0 amide bonds. The highest BCUT2D eigenvalue weighted by Gasteiger charge is 2.25. The van der Waals surface area contributed by atoms with E-state index in [-0.39, 0.29) is 18.3 Å². The second-order valence-corrected chi connectivity index (χ2v) is 11.2. The largest absolute Gasteiger partial charge is 0.477 e. The van der Waals surface area contributed by atoms with Crippen LogP contribution in [0.3, 0.4) is 0 Å². The van der Waals surface area contributed by atoms with Crippen LogP contribution in [0, 0.1) is 17.1 Å². The molecule has 3 aromatic heterocycles. The number of nitriles is 1. The van der Waals surface area contributed by atoms with Crippen LogP contribution in [-0.4, -0.2) is 69.4 Å². The molecule has 0 radical (unpaired) electrons. The number of ether oxygens (including phenoxy) is 2. The van der Waals surface area contributed by atoms with Crippen LogP contribution in [0.25, 0.3) is 10.3 Å². The lowest BCUT2D eigenvalue weighted by atomic mass is 10.1. The van der Waals surface area contributed by atoms with E-state index >= 15 is 0 Å². The molecule has 10 nitrogen and oxygen atoms in total. The van der Waals surface area contributed by atoms with Crippen molar-refractivity contribution in [3.63, 3.8) is 0 Å². The molecule has 0 saturated carbocycles. The molecule has 1 atom stereocenters. The summed E-state index contributed by atoms with van der Waals surface area (Å²) in [6, 6.07) is 13.6. The van der Waals surface area contributed by atoms with Crippen LogP contribution < -0.4 is 9.64 Å². The fraction of sp³-hybridized carbons (Fsp3) is 0.379. The summed E-state index contributed by atoms with van der Waals surface area (Å²) < 4.78 is 27.8. The Morgan fingerprint density at radius 2 is 2.07 bits per heavy atom. The molecule has 2 aliphatic heterocycles. The molecule has 0 unspecified atom stereocenters. The van der Waals surface area contributed by atoms with Gasteiger partial charge in [0.1, 0.15) is 33.8 Å². The molecule has 0 spiro atoms. The number of pyridine rings is 1. The summed E-state index contributed by atoms with van der Waals surface area (Å²) in [6.07, 6.45) is 2.06. The average molecular weight is 577 g/mol. The molecule has 2 fully saturated rings. The molecule has 212 valence electrons. The third-order valence-corrected chi connectivity index (χ3v) is 8.47. The number of aromatic nitrogens is 3. The maximum atomic E-state index is 14.2. The number of carboxylic acids is 1. The van der Waals surface area contributed by atoms with E-state index in [1.807, 2.05) is 18.2 Å². The van der Waals surface area contributed by atoms with E-state index in [1.54, 1.807) is 24.3 Å². The number of carboxylic acid groups (broad SMARTS) is 1. The maximum Gasteiger partial charge on any atom is 0.346 e. The van der Waals surface area contributed by atoms with E-state index in [2.05, 4.69) is 19.4 Å². The standard InChI is InChI=1S/C29H29FN6O4S/c30-22-13-19(15-31)5-6-20(22)18-40-27-4-1-3-25(32-27)35-9-2-8-34(10-11-35)17-26-33-28-23(14-24(41-28)29(37)38)36(26)16-21-7-12-39-21/h1,3-6,13-14,21H,2,7-12,16-18H2,(H,37,38)/t21-/m0/s1. The Morgan fingerprint density at radius 1 is 1.20 bits per heavy atom. The number of halogens is 1. The molecule has 4 aromatic rings. The van der Waals surface area contributed by atoms with Gasteiger partial charge < -0.3 is 24.0 Å². The number of rotatable bonds is 9. The van der Waals surface area contributed by atoms with Gasteiger partial charge in [-0.3, -0.25) is 4.90 Å². The Labute approximate surface area is 240 Å². The minimum absolute atomic E-state index is 0.0196. The molecule has 41 heavy (non-hydrogen) atoms. The van der Waals surface area contributed by atoms with Crippen molar-refractivity contribution in [2.75, 3.05) is 37.7 Å². The highest BCUT2D eigenvalue weighted by Crippen LogP contribution is 2.29. The number of hydrogen-bond acceptors (Lipinski definition) is 9. The Morgan fingerprint density at radius 3 is 2.83 bits per heavy atom. The first-order chi connectivity index (χ1) is 20.0. The Bertz CT molecular complexity index is 1610. The Kier molecular flexibility index (Phi) is 7.82. The van der Waals surface area contributed by atoms with Gasteiger partial charge in [-0.15, -0.1) is 11.3 Å². The summed E-state index contributed by atoms with van der Waals surface area (Å²) in [7, 11) is 0. The summed E-state index contributed by atoms with van der Waals surface area (Å²) in [5.41, 5.74) is 1.49. The first-order valence-electron chi connectivity index (χ1n) is 13.6. The number of fused-ring (bicyclic) bond motifs is 1. The second kappa shape index (κ2) is 11.8. The normalized spacial score (nSPS) is 17.7. The van der Waals surface area contributed by atoms with Crippen molar-refractivity contribution in [3.8, 4) is 11.9 Å². The van der Waals surface area contributed by atoms with Crippen LogP contribution in [0.4, 0.5) is 10.2 Å². The second-order valence-electron chi connectivity index (χ2n) is 10.2. The molecular formula is C29H29FN6O4S. The van der Waals surface area contributed by atoms with Crippen LogP contribution in [0.5, 0.6) is 5.88 Å². The predicted molar refractivity (Wildman–Crippen MR) is 151 cm³/mol. The Hall–Kier alpha value is -4.05. The smallest absolute Gasteiger partial charge is 0.346 e. The maximum absolute atomic E-state index is 14.2. The zero-order valence-electron chi connectivity index (χ0n) is 22.3. The lowest BCUT2D eigenvalue weighted by Gasteiger charge is -2.28. The van der Waals surface area contributed by atoms with Gasteiger partial charge in [0, 0.05) is 44.4 Å². The van der Waals surface area contributed by atoms with Crippen molar-refractivity contribution in [2.24, 2.45) is 0 Å². The number of imidazole rings is 1. The molecule has 0 bridgehead atoms. The third-order valence-electron chi connectivity index (χ3n) is 7.46. The van der Waals surface area contributed by atoms with Crippen molar-refractivity contribution in [1.82, 2.24) is 19.4 Å². The highest BCUT2D eigenvalue weighted by atomic mass is 32.1. The minimum Gasteiger partial charge on any atom is -0.477 e. The predicted octanol–water partition coefficient (Wildman–Crippen LogP) is 4.28. The lowest BCUT2D eigenvalue weighted by molar-refractivity contribution is -0.0591. The van der Waals surface area contributed by atoms with Gasteiger partial charge in [-0.2, -0.15) is 10.2 Å². The number of anilines is 1. The molecule has 6 rings (SSSR count). The molecule has 12 heteroatoms. The van der Waals surface area contributed by atoms with Gasteiger partial charge in [-0.05, 0) is 37.1 Å². The van der Waals surface area contributed by atoms with Crippen molar-refractivity contribution in [3.05, 3.63) is 70.1 Å². The van der Waals surface area contributed by atoms with Gasteiger partial charge in [0.2, 0.25) is 5.88 Å². The third kappa shape index (κ3) is 6.02. The summed E-state index contributed by atoms with van der Waals surface area (Å²) in [5, 5.41) is 18.4. The van der Waals surface area contributed by atoms with Crippen LogP contribution >= 0.6 is 11.3 Å². The van der Waals surface area contributed by atoms with Crippen LogP contribution in [0.2, 0.25) is 0 Å². The summed E-state index contributed by atoms with van der Waals surface area (Å²) in [4.78, 5) is 26.7. The van der Waals surface area contributed by atoms with Crippen LogP contribution in [0.1, 0.15) is 39.5 Å². The molecule has 5 heterocycles. The number of hydrogen-bond donors (Lipinski definition) is 1. The molecule has 1 N–H and O–H groups in total. The summed E-state index contributed by atoms with van der Waals surface area (Å²) in [6.45, 7) is 5.42. The van der Waals surface area contributed by atoms with Crippen molar-refractivity contribution < 1.29 is 23.8 Å². The minimum atomic E-state index is -0.932. The molecule has 2 aliphatic rings. The molecule has 0 aliphatic carbocycles. The zero-order chi connectivity index (χ0) is 28.3. The quantitative estimate of drug-likeness (QED) is 0.312. The van der Waals surface area contributed by atoms with E-state index < -0.39 is 11.8 Å². The van der Waals surface area contributed by atoms with Gasteiger partial charge in [0.15, 0.2) is 0 Å². The first kappa shape index (κ1) is 27.1. The van der Waals surface area contributed by atoms with Crippen molar-refractivity contribution in [2.45, 2.75) is 38.6 Å². The van der Waals surface area contributed by atoms with E-state index in [9.17, 15) is 14.3 Å². The van der Waals surface area contributed by atoms with Gasteiger partial charge in [-0.25, -0.2) is 14.2 Å². The number of aromatic carboxylic acids is 1. The van der Waals surface area contributed by atoms with Crippen molar-refractivity contribution >= 4 is 33.5 Å². The number of carbonyl (C=O) groups is 1. The van der Waals surface area contributed by atoms with Gasteiger partial charge in [-0.1, -0.05) is 12.1 Å². The number of benzene rings is 1. The number of thiophene rings is 1. The number of nitrogens with zero attached hydrogens (tertiary/aromatic N) is 6. The average Bonchev–Trinajstić information content (AvgIpc) is 3.40. The highest BCUT2D eigenvalue weighted by molar-refractivity contribution is 7.20. The van der Waals surface area contributed by atoms with Crippen molar-refractivity contribution in [1.29, 1.82) is 5.26 Å². The van der Waals surface area contributed by atoms with Gasteiger partial charge in [0.05, 0.1) is 36.3 Å². The van der Waals surface area contributed by atoms with E-state index in [0.717, 1.165) is 67.6 Å². The fourth-order valence-electron chi connectivity index (χ4n) is 5.13. The first-order valence-corrected chi connectivity index (χ1v) is 14.4. The van der Waals surface area contributed by atoms with E-state index in [0.29, 0.717) is 29.4 Å².